The van der Waals surface area contributed by atoms with Crippen molar-refractivity contribution in [3.63, 3.8) is 0 Å². The van der Waals surface area contributed by atoms with Gasteiger partial charge >= 0.3 is 0 Å². The molecule has 3 nitrogen and oxygen atoms in total. The first kappa shape index (κ1) is 12.6. The molecular formula is C15H18N2OS. The van der Waals surface area contributed by atoms with Crippen molar-refractivity contribution in [1.29, 1.82) is 0 Å². The molecule has 1 aromatic heterocycles. The van der Waals surface area contributed by atoms with Gasteiger partial charge in [0.2, 0.25) is 0 Å². The van der Waals surface area contributed by atoms with Crippen molar-refractivity contribution in [2.75, 3.05) is 18.5 Å². The Morgan fingerprint density at radius 2 is 2.26 bits per heavy atom. The molecule has 0 spiro atoms. The lowest BCUT2D eigenvalue weighted by atomic mass is 10.1. The van der Waals surface area contributed by atoms with Gasteiger partial charge in [-0.15, -0.1) is 11.3 Å². The van der Waals surface area contributed by atoms with Crippen molar-refractivity contribution in [2.45, 2.75) is 25.3 Å². The molecule has 1 unspecified atom stereocenters. The molecule has 0 amide bonds. The first-order valence-corrected chi connectivity index (χ1v) is 7.64. The van der Waals surface area contributed by atoms with Gasteiger partial charge in [0.05, 0.1) is 0 Å². The Balaban J connectivity index is 1.72. The summed E-state index contributed by atoms with van der Waals surface area (Å²) < 4.78 is 5.50. The van der Waals surface area contributed by atoms with Crippen LogP contribution in [0.2, 0.25) is 0 Å². The second-order valence-electron chi connectivity index (χ2n) is 4.80. The Morgan fingerprint density at radius 3 is 3.16 bits per heavy atom. The van der Waals surface area contributed by atoms with E-state index in [1.165, 1.54) is 17.7 Å². The Kier molecular flexibility index (Phi) is 4.10. The van der Waals surface area contributed by atoms with E-state index in [1.54, 1.807) is 11.3 Å². The van der Waals surface area contributed by atoms with Gasteiger partial charge in [0.15, 0.2) is 0 Å². The highest BCUT2D eigenvalue weighted by Gasteiger charge is 2.12. The maximum Gasteiger partial charge on any atom is 0.123 e. The van der Waals surface area contributed by atoms with Crippen LogP contribution in [0.4, 0.5) is 5.69 Å². The van der Waals surface area contributed by atoms with Crippen LogP contribution in [0.1, 0.15) is 19.3 Å². The first-order valence-electron chi connectivity index (χ1n) is 6.76. The van der Waals surface area contributed by atoms with Crippen molar-refractivity contribution < 1.29 is 4.74 Å². The van der Waals surface area contributed by atoms with Gasteiger partial charge in [-0.05, 0) is 31.4 Å². The second-order valence-corrected chi connectivity index (χ2v) is 5.70. The average molecular weight is 274 g/mol. The summed E-state index contributed by atoms with van der Waals surface area (Å²) in [4.78, 5) is 4.36. The summed E-state index contributed by atoms with van der Waals surface area (Å²) in [5, 5.41) is 6.71. The van der Waals surface area contributed by atoms with E-state index < -0.39 is 0 Å². The number of nitrogens with zero attached hydrogens (tertiary/aromatic N) is 1. The van der Waals surface area contributed by atoms with Crippen LogP contribution in [0.25, 0.3) is 10.6 Å². The van der Waals surface area contributed by atoms with E-state index in [9.17, 15) is 0 Å². The summed E-state index contributed by atoms with van der Waals surface area (Å²) in [6.07, 6.45) is 5.26. The van der Waals surface area contributed by atoms with Crippen LogP contribution in [-0.4, -0.2) is 24.2 Å². The molecule has 1 saturated heterocycles. The lowest BCUT2D eigenvalue weighted by molar-refractivity contribution is 0.144. The fourth-order valence-electron chi connectivity index (χ4n) is 2.39. The number of aromatic nitrogens is 1. The first-order chi connectivity index (χ1) is 9.42. The molecule has 0 saturated carbocycles. The summed E-state index contributed by atoms with van der Waals surface area (Å²) in [5.74, 6) is 0. The maximum absolute atomic E-state index is 5.50. The predicted molar refractivity (Wildman–Crippen MR) is 79.6 cm³/mol. The van der Waals surface area contributed by atoms with Crippen LogP contribution < -0.4 is 5.32 Å². The zero-order chi connectivity index (χ0) is 12.9. The second kappa shape index (κ2) is 6.17. The largest absolute Gasteiger partial charge is 0.382 e. The number of hydrogen-bond donors (Lipinski definition) is 1. The number of ether oxygens (including phenoxy) is 1. The average Bonchev–Trinajstić information content (AvgIpc) is 2.86. The molecule has 0 bridgehead atoms. The molecule has 1 aliphatic heterocycles. The van der Waals surface area contributed by atoms with Crippen LogP contribution in [0.3, 0.4) is 0 Å². The van der Waals surface area contributed by atoms with Gasteiger partial charge in [0, 0.05) is 42.1 Å². The molecule has 0 radical (unpaired) electrons. The fraction of sp³-hybridized carbons (Fsp3) is 0.400. The lowest BCUT2D eigenvalue weighted by Gasteiger charge is -2.17. The molecular weight excluding hydrogens is 256 g/mol. The van der Waals surface area contributed by atoms with Crippen LogP contribution >= 0.6 is 11.3 Å². The standard InChI is InChI=1S/C15H18N2OS/c1-3-12(15-16-7-10-19-15)11-14(4-1)17-13-5-2-8-18-9-6-13/h1,3-4,7,10-11,13,17H,2,5-6,8-9H2. The summed E-state index contributed by atoms with van der Waals surface area (Å²) in [6.45, 7) is 1.77. The number of thiazole rings is 1. The van der Waals surface area contributed by atoms with E-state index in [4.69, 9.17) is 4.74 Å². The summed E-state index contributed by atoms with van der Waals surface area (Å²) in [6, 6.07) is 9.04. The van der Waals surface area contributed by atoms with Crippen molar-refractivity contribution >= 4 is 17.0 Å². The van der Waals surface area contributed by atoms with E-state index in [0.29, 0.717) is 6.04 Å². The number of anilines is 1. The van der Waals surface area contributed by atoms with E-state index in [-0.39, 0.29) is 0 Å². The molecule has 3 rings (SSSR count). The summed E-state index contributed by atoms with van der Waals surface area (Å²) >= 11 is 1.68. The van der Waals surface area contributed by atoms with Gasteiger partial charge in [-0.1, -0.05) is 12.1 Å². The molecule has 2 heterocycles. The van der Waals surface area contributed by atoms with Crippen LogP contribution in [-0.2, 0) is 4.74 Å². The summed E-state index contributed by atoms with van der Waals surface area (Å²) in [7, 11) is 0. The van der Waals surface area contributed by atoms with E-state index in [2.05, 4.69) is 34.6 Å². The third kappa shape index (κ3) is 3.33. The Morgan fingerprint density at radius 1 is 1.26 bits per heavy atom. The number of nitrogens with one attached hydrogen (secondary N) is 1. The van der Waals surface area contributed by atoms with Gasteiger partial charge < -0.3 is 10.1 Å². The van der Waals surface area contributed by atoms with Crippen LogP contribution in [0, 0.1) is 0 Å². The zero-order valence-corrected chi connectivity index (χ0v) is 11.7. The maximum atomic E-state index is 5.50. The third-order valence-corrected chi connectivity index (χ3v) is 4.19. The fourth-order valence-corrected chi connectivity index (χ4v) is 3.03. The highest BCUT2D eigenvalue weighted by atomic mass is 32.1. The monoisotopic (exact) mass is 274 g/mol. The van der Waals surface area contributed by atoms with Gasteiger partial charge in [-0.3, -0.25) is 0 Å². The zero-order valence-electron chi connectivity index (χ0n) is 10.8. The van der Waals surface area contributed by atoms with Gasteiger partial charge in [0.25, 0.3) is 0 Å². The minimum atomic E-state index is 0.522. The minimum absolute atomic E-state index is 0.522. The number of hydrogen-bond acceptors (Lipinski definition) is 4. The molecule has 2 aromatic rings. The van der Waals surface area contributed by atoms with Crippen LogP contribution in [0.5, 0.6) is 0 Å². The van der Waals surface area contributed by atoms with E-state index >= 15 is 0 Å². The molecule has 1 aromatic carbocycles. The van der Waals surface area contributed by atoms with Gasteiger partial charge in [-0.25, -0.2) is 4.98 Å². The summed E-state index contributed by atoms with van der Waals surface area (Å²) in [5.41, 5.74) is 2.37. The van der Waals surface area contributed by atoms with Crippen molar-refractivity contribution in [3.8, 4) is 10.6 Å². The normalized spacial score (nSPS) is 19.9. The SMILES string of the molecule is c1cc(NC2CCCOCC2)cc(-c2nccs2)c1. The Labute approximate surface area is 117 Å². The van der Waals surface area contributed by atoms with Gasteiger partial charge in [0.1, 0.15) is 5.01 Å². The lowest BCUT2D eigenvalue weighted by Crippen LogP contribution is -2.19. The molecule has 0 aliphatic carbocycles. The topological polar surface area (TPSA) is 34.1 Å². The molecule has 4 heteroatoms. The molecule has 1 atom stereocenters. The van der Waals surface area contributed by atoms with E-state index in [1.807, 2.05) is 11.6 Å². The molecule has 1 fully saturated rings. The predicted octanol–water partition coefficient (Wildman–Crippen LogP) is 3.79. The van der Waals surface area contributed by atoms with Crippen LogP contribution in [0.15, 0.2) is 35.8 Å². The van der Waals surface area contributed by atoms with Crippen molar-refractivity contribution in [2.24, 2.45) is 0 Å². The number of rotatable bonds is 3. The highest BCUT2D eigenvalue weighted by molar-refractivity contribution is 7.13. The Hall–Kier alpha value is -1.39. The minimum Gasteiger partial charge on any atom is -0.382 e. The molecule has 19 heavy (non-hydrogen) atoms. The van der Waals surface area contributed by atoms with E-state index in [0.717, 1.165) is 31.1 Å². The number of benzene rings is 1. The van der Waals surface area contributed by atoms with Crippen molar-refractivity contribution in [3.05, 3.63) is 35.8 Å². The molecule has 1 aliphatic rings. The quantitative estimate of drug-likeness (QED) is 0.924. The van der Waals surface area contributed by atoms with Gasteiger partial charge in [-0.2, -0.15) is 0 Å². The highest BCUT2D eigenvalue weighted by Crippen LogP contribution is 2.25. The van der Waals surface area contributed by atoms with Crippen molar-refractivity contribution in [1.82, 2.24) is 4.98 Å². The third-order valence-electron chi connectivity index (χ3n) is 3.36. The smallest absolute Gasteiger partial charge is 0.123 e. The molecule has 100 valence electrons. The Bertz CT molecular complexity index is 505. The molecule has 1 N–H and O–H groups in total.